The fourth-order valence-corrected chi connectivity index (χ4v) is 3.68. The van der Waals surface area contributed by atoms with Crippen LogP contribution in [0.15, 0.2) is 18.2 Å². The van der Waals surface area contributed by atoms with Gasteiger partial charge in [0.05, 0.1) is 5.56 Å². The first-order chi connectivity index (χ1) is 11.5. The van der Waals surface area contributed by atoms with E-state index in [-0.39, 0.29) is 12.0 Å². The molecule has 7 heteroatoms. The van der Waals surface area contributed by atoms with Gasteiger partial charge >= 0.3 is 6.18 Å². The highest BCUT2D eigenvalue weighted by Gasteiger charge is 2.35. The van der Waals surface area contributed by atoms with Crippen molar-refractivity contribution in [3.63, 3.8) is 0 Å². The van der Waals surface area contributed by atoms with Crippen molar-refractivity contribution in [1.29, 1.82) is 0 Å². The maximum Gasteiger partial charge on any atom is 0.416 e. The van der Waals surface area contributed by atoms with Crippen molar-refractivity contribution in [1.82, 2.24) is 10.2 Å². The lowest BCUT2D eigenvalue weighted by Crippen LogP contribution is -2.47. The van der Waals surface area contributed by atoms with E-state index in [9.17, 15) is 17.6 Å². The highest BCUT2D eigenvalue weighted by molar-refractivity contribution is 5.29. The lowest BCUT2D eigenvalue weighted by atomic mass is 9.85. The van der Waals surface area contributed by atoms with Gasteiger partial charge in [0.25, 0.3) is 0 Å². The Morgan fingerprint density at radius 1 is 1.12 bits per heavy atom. The van der Waals surface area contributed by atoms with Crippen LogP contribution < -0.4 is 5.32 Å². The summed E-state index contributed by atoms with van der Waals surface area (Å²) >= 11 is 0. The molecule has 0 radical (unpaired) electrons. The van der Waals surface area contributed by atoms with Crippen LogP contribution in [0.1, 0.15) is 30.0 Å². The Bertz CT molecular complexity index is 534. The first kappa shape index (κ1) is 17.6. The molecule has 0 aromatic heterocycles. The minimum Gasteiger partial charge on any atom is -0.381 e. The summed E-state index contributed by atoms with van der Waals surface area (Å²) in [5, 5.41) is 3.26. The topological polar surface area (TPSA) is 24.5 Å². The lowest BCUT2D eigenvalue weighted by molar-refractivity contribution is -0.137. The molecule has 1 aromatic carbocycles. The molecule has 134 valence electrons. The molecule has 2 aliphatic heterocycles. The van der Waals surface area contributed by atoms with E-state index in [1.807, 2.05) is 0 Å². The predicted octanol–water partition coefficient (Wildman–Crippen LogP) is 3.22. The van der Waals surface area contributed by atoms with E-state index in [1.165, 1.54) is 6.07 Å². The van der Waals surface area contributed by atoms with E-state index >= 15 is 0 Å². The Labute approximate surface area is 139 Å². The quantitative estimate of drug-likeness (QED) is 0.851. The lowest BCUT2D eigenvalue weighted by Gasteiger charge is -2.41. The maximum atomic E-state index is 14.6. The highest BCUT2D eigenvalue weighted by Crippen LogP contribution is 2.38. The molecular formula is C17H22F4N2O. The molecule has 3 rings (SSSR count). The van der Waals surface area contributed by atoms with E-state index in [1.54, 1.807) is 0 Å². The van der Waals surface area contributed by atoms with Gasteiger partial charge in [-0.3, -0.25) is 4.90 Å². The summed E-state index contributed by atoms with van der Waals surface area (Å²) in [6.07, 6.45) is -2.92. The number of halogens is 4. The standard InChI is InChI=1S/C17H22F4N2O/c18-15-11-13(17(19,20)21)1-2-14(15)16(12-3-9-24-10-4-12)23-7-5-22-6-8-23/h1-2,11-12,16,22H,3-10H2/t16-/m0/s1. The van der Waals surface area contributed by atoms with Crippen LogP contribution >= 0.6 is 0 Å². The van der Waals surface area contributed by atoms with Gasteiger partial charge in [-0.2, -0.15) is 13.2 Å². The smallest absolute Gasteiger partial charge is 0.381 e. The van der Waals surface area contributed by atoms with Gasteiger partial charge in [-0.05, 0) is 30.9 Å². The van der Waals surface area contributed by atoms with Gasteiger partial charge in [-0.25, -0.2) is 4.39 Å². The average molecular weight is 346 g/mol. The number of benzene rings is 1. The molecule has 1 N–H and O–H groups in total. The van der Waals surface area contributed by atoms with Crippen LogP contribution in [0, 0.1) is 11.7 Å². The number of hydrogen-bond acceptors (Lipinski definition) is 3. The Hall–Kier alpha value is -1.18. The van der Waals surface area contributed by atoms with Crippen LogP contribution in [0.2, 0.25) is 0 Å². The third-order valence-electron chi connectivity index (χ3n) is 4.90. The van der Waals surface area contributed by atoms with E-state index < -0.39 is 17.6 Å². The van der Waals surface area contributed by atoms with Gasteiger partial charge in [0, 0.05) is 51.0 Å². The molecular weight excluding hydrogens is 324 g/mol. The molecule has 0 saturated carbocycles. The van der Waals surface area contributed by atoms with Crippen molar-refractivity contribution >= 4 is 0 Å². The largest absolute Gasteiger partial charge is 0.416 e. The van der Waals surface area contributed by atoms with Crippen molar-refractivity contribution in [3.8, 4) is 0 Å². The maximum absolute atomic E-state index is 14.6. The monoisotopic (exact) mass is 346 g/mol. The molecule has 24 heavy (non-hydrogen) atoms. The minimum atomic E-state index is -4.53. The second kappa shape index (κ2) is 7.37. The Balaban J connectivity index is 1.92. The third-order valence-corrected chi connectivity index (χ3v) is 4.90. The fraction of sp³-hybridized carbons (Fsp3) is 0.647. The van der Waals surface area contributed by atoms with Crippen LogP contribution in [-0.4, -0.2) is 44.3 Å². The molecule has 1 aromatic rings. The predicted molar refractivity (Wildman–Crippen MR) is 82.1 cm³/mol. The molecule has 0 unspecified atom stereocenters. The average Bonchev–Trinajstić information content (AvgIpc) is 2.58. The second-order valence-electron chi connectivity index (χ2n) is 6.41. The van der Waals surface area contributed by atoms with Crippen LogP contribution in [-0.2, 0) is 10.9 Å². The molecule has 0 amide bonds. The molecule has 1 atom stereocenters. The fourth-order valence-electron chi connectivity index (χ4n) is 3.68. The highest BCUT2D eigenvalue weighted by atomic mass is 19.4. The Morgan fingerprint density at radius 2 is 1.79 bits per heavy atom. The summed E-state index contributed by atoms with van der Waals surface area (Å²) < 4.78 is 58.4. The number of hydrogen-bond donors (Lipinski definition) is 1. The summed E-state index contributed by atoms with van der Waals surface area (Å²) in [7, 11) is 0. The first-order valence-electron chi connectivity index (χ1n) is 8.36. The number of alkyl halides is 3. The van der Waals surface area contributed by atoms with Gasteiger partial charge in [0.2, 0.25) is 0 Å². The molecule has 0 bridgehead atoms. The Morgan fingerprint density at radius 3 is 2.38 bits per heavy atom. The number of nitrogens with zero attached hydrogens (tertiary/aromatic N) is 1. The summed E-state index contributed by atoms with van der Waals surface area (Å²) in [6, 6.07) is 2.75. The molecule has 2 fully saturated rings. The van der Waals surface area contributed by atoms with Crippen molar-refractivity contribution in [3.05, 3.63) is 35.1 Å². The van der Waals surface area contributed by atoms with Crippen molar-refractivity contribution < 1.29 is 22.3 Å². The number of rotatable bonds is 3. The third kappa shape index (κ3) is 3.90. The summed E-state index contributed by atoms with van der Waals surface area (Å²) in [5.74, 6) is -0.567. The zero-order chi connectivity index (χ0) is 17.2. The summed E-state index contributed by atoms with van der Waals surface area (Å²) in [4.78, 5) is 2.19. The van der Waals surface area contributed by atoms with Crippen molar-refractivity contribution in [2.75, 3.05) is 39.4 Å². The minimum absolute atomic E-state index is 0.196. The van der Waals surface area contributed by atoms with E-state index in [2.05, 4.69) is 10.2 Å². The molecule has 2 aliphatic rings. The van der Waals surface area contributed by atoms with E-state index in [0.29, 0.717) is 24.8 Å². The molecule has 2 saturated heterocycles. The molecule has 3 nitrogen and oxygen atoms in total. The van der Waals surface area contributed by atoms with Gasteiger partial charge in [0.1, 0.15) is 5.82 Å². The van der Waals surface area contributed by atoms with Crippen molar-refractivity contribution in [2.24, 2.45) is 5.92 Å². The number of ether oxygens (including phenoxy) is 1. The molecule has 0 aliphatic carbocycles. The zero-order valence-corrected chi connectivity index (χ0v) is 13.4. The van der Waals surface area contributed by atoms with Gasteiger partial charge in [-0.15, -0.1) is 0 Å². The Kier molecular flexibility index (Phi) is 5.42. The van der Waals surface area contributed by atoms with Gasteiger partial charge < -0.3 is 10.1 Å². The SMILES string of the molecule is Fc1cc(C(F)(F)F)ccc1[C@H](C1CCOCC1)N1CCNCC1. The number of nitrogens with one attached hydrogen (secondary N) is 1. The van der Waals surface area contributed by atoms with Crippen LogP contribution in [0.4, 0.5) is 17.6 Å². The second-order valence-corrected chi connectivity index (χ2v) is 6.41. The molecule has 0 spiro atoms. The van der Waals surface area contributed by atoms with Gasteiger partial charge in [0.15, 0.2) is 0 Å². The summed E-state index contributed by atoms with van der Waals surface area (Å²) in [5.41, 5.74) is -0.563. The van der Waals surface area contributed by atoms with E-state index in [0.717, 1.165) is 45.1 Å². The van der Waals surface area contributed by atoms with E-state index in [4.69, 9.17) is 4.74 Å². The first-order valence-corrected chi connectivity index (χ1v) is 8.36. The summed E-state index contributed by atoms with van der Waals surface area (Å²) in [6.45, 7) is 4.39. The van der Waals surface area contributed by atoms with Crippen LogP contribution in [0.25, 0.3) is 0 Å². The van der Waals surface area contributed by atoms with Crippen LogP contribution in [0.5, 0.6) is 0 Å². The molecule has 2 heterocycles. The number of piperazine rings is 1. The van der Waals surface area contributed by atoms with Crippen molar-refractivity contribution in [2.45, 2.75) is 25.1 Å². The van der Waals surface area contributed by atoms with Crippen LogP contribution in [0.3, 0.4) is 0 Å². The van der Waals surface area contributed by atoms with Gasteiger partial charge in [-0.1, -0.05) is 6.07 Å². The zero-order valence-electron chi connectivity index (χ0n) is 13.4. The normalized spacial score (nSPS) is 22.5.